The van der Waals surface area contributed by atoms with Gasteiger partial charge in [0.25, 0.3) is 0 Å². The van der Waals surface area contributed by atoms with Gasteiger partial charge in [-0.05, 0) is 55.1 Å². The van der Waals surface area contributed by atoms with Gasteiger partial charge < -0.3 is 14.0 Å². The number of anilines is 1. The normalized spacial score (nSPS) is 11.2. The Labute approximate surface area is 172 Å². The van der Waals surface area contributed by atoms with Crippen molar-refractivity contribution in [2.24, 2.45) is 12.1 Å². The number of carbonyl (C=O) groups excluding carboxylic acids is 1. The number of hydrogen-bond acceptors (Lipinski definition) is 8. The van der Waals surface area contributed by atoms with Gasteiger partial charge in [0.2, 0.25) is 5.04 Å². The highest BCUT2D eigenvalue weighted by atomic mass is 32.2. The maximum Gasteiger partial charge on any atom is 0.365 e. The molecule has 150 valence electrons. The number of hydrogen-bond donors (Lipinski definition) is 1. The van der Waals surface area contributed by atoms with E-state index in [0.29, 0.717) is 11.0 Å². The summed E-state index contributed by atoms with van der Waals surface area (Å²) in [7, 11) is 4.75. The highest BCUT2D eigenvalue weighted by molar-refractivity contribution is 8.15. The van der Waals surface area contributed by atoms with E-state index >= 15 is 0 Å². The average molecular weight is 411 g/mol. The molecule has 0 radical (unpaired) electrons. The molecule has 3 aromatic rings. The van der Waals surface area contributed by atoms with Gasteiger partial charge in [0.1, 0.15) is 5.75 Å². The van der Waals surface area contributed by atoms with Gasteiger partial charge in [0, 0.05) is 12.6 Å². The molecule has 2 aromatic carbocycles. The molecule has 0 aliphatic rings. The van der Waals surface area contributed by atoms with E-state index in [1.807, 2.05) is 62.5 Å². The van der Waals surface area contributed by atoms with E-state index in [2.05, 4.69) is 20.7 Å². The third-order valence-electron chi connectivity index (χ3n) is 4.07. The quantitative estimate of drug-likeness (QED) is 0.226. The second-order valence-electron chi connectivity index (χ2n) is 6.08. The zero-order valence-electron chi connectivity index (χ0n) is 16.5. The lowest BCUT2D eigenvalue weighted by molar-refractivity contribution is -0.132. The highest BCUT2D eigenvalue weighted by Crippen LogP contribution is 2.25. The van der Waals surface area contributed by atoms with Crippen LogP contribution in [-0.4, -0.2) is 40.0 Å². The number of aromatic nitrogens is 3. The molecule has 0 aliphatic carbocycles. The van der Waals surface area contributed by atoms with Gasteiger partial charge >= 0.3 is 5.97 Å². The summed E-state index contributed by atoms with van der Waals surface area (Å²) in [6, 6.07) is 15.1. The molecule has 0 saturated carbocycles. The molecule has 0 bridgehead atoms. The summed E-state index contributed by atoms with van der Waals surface area (Å²) in [5.74, 6) is 0.849. The fraction of sp³-hybridized carbons (Fsp3) is 0.200. The summed E-state index contributed by atoms with van der Waals surface area (Å²) < 4.78 is 11.8. The second-order valence-corrected chi connectivity index (χ2v) is 7.04. The number of carbonyl (C=O) groups is 1. The van der Waals surface area contributed by atoms with Crippen LogP contribution in [0.2, 0.25) is 0 Å². The molecular formula is C20H21N5O3S. The van der Waals surface area contributed by atoms with E-state index < -0.39 is 5.97 Å². The number of esters is 1. The molecule has 0 spiro atoms. The summed E-state index contributed by atoms with van der Waals surface area (Å²) in [6.45, 7) is 2.00. The highest BCUT2D eigenvalue weighted by Gasteiger charge is 2.20. The Bertz CT molecular complexity index is 1010. The summed E-state index contributed by atoms with van der Waals surface area (Å²) in [5, 5.41) is 13.2. The molecule has 0 aliphatic heterocycles. The monoisotopic (exact) mass is 411 g/mol. The van der Waals surface area contributed by atoms with Crippen LogP contribution in [0.3, 0.4) is 0 Å². The molecule has 3 rings (SSSR count). The molecule has 29 heavy (non-hydrogen) atoms. The minimum Gasteiger partial charge on any atom is -0.497 e. The van der Waals surface area contributed by atoms with E-state index in [9.17, 15) is 4.79 Å². The van der Waals surface area contributed by atoms with Crippen molar-refractivity contribution >= 4 is 28.5 Å². The number of ether oxygens (including phenoxy) is 2. The van der Waals surface area contributed by atoms with Crippen LogP contribution in [0.4, 0.5) is 5.69 Å². The third kappa shape index (κ3) is 4.94. The fourth-order valence-electron chi connectivity index (χ4n) is 2.42. The van der Waals surface area contributed by atoms with E-state index in [1.165, 1.54) is 7.11 Å². The lowest BCUT2D eigenvalue weighted by Crippen LogP contribution is -2.15. The predicted octanol–water partition coefficient (Wildman–Crippen LogP) is 3.49. The summed E-state index contributed by atoms with van der Waals surface area (Å²) in [6.07, 6.45) is 0. The molecule has 0 atom stereocenters. The zero-order chi connectivity index (χ0) is 20.8. The molecule has 0 unspecified atom stereocenters. The largest absolute Gasteiger partial charge is 0.497 e. The van der Waals surface area contributed by atoms with E-state index in [0.717, 1.165) is 34.3 Å². The molecule has 1 N–H and O–H groups in total. The Morgan fingerprint density at radius 2 is 1.76 bits per heavy atom. The second kappa shape index (κ2) is 9.24. The Balaban J connectivity index is 1.82. The predicted molar refractivity (Wildman–Crippen MR) is 113 cm³/mol. The van der Waals surface area contributed by atoms with Gasteiger partial charge in [0.15, 0.2) is 11.0 Å². The number of hydrazone groups is 1. The summed E-state index contributed by atoms with van der Waals surface area (Å²) >= 11 is 1.07. The number of rotatable bonds is 5. The zero-order valence-corrected chi connectivity index (χ0v) is 17.4. The van der Waals surface area contributed by atoms with E-state index in [1.54, 1.807) is 11.7 Å². The first-order valence-electron chi connectivity index (χ1n) is 8.72. The van der Waals surface area contributed by atoms with Gasteiger partial charge in [-0.1, -0.05) is 17.7 Å². The van der Waals surface area contributed by atoms with Crippen molar-refractivity contribution in [1.82, 2.24) is 14.8 Å². The van der Waals surface area contributed by atoms with Gasteiger partial charge in [-0.3, -0.25) is 5.43 Å². The first-order valence-corrected chi connectivity index (χ1v) is 9.54. The Kier molecular flexibility index (Phi) is 6.50. The Morgan fingerprint density at radius 3 is 2.38 bits per heavy atom. The summed E-state index contributed by atoms with van der Waals surface area (Å²) in [4.78, 5) is 12.2. The van der Waals surface area contributed by atoms with Gasteiger partial charge in [-0.25, -0.2) is 4.79 Å². The number of benzene rings is 2. The lowest BCUT2D eigenvalue weighted by Gasteiger charge is -2.07. The third-order valence-corrected chi connectivity index (χ3v) is 5.06. The van der Waals surface area contributed by atoms with Crippen LogP contribution in [0.25, 0.3) is 11.4 Å². The van der Waals surface area contributed by atoms with Crippen LogP contribution in [0.15, 0.2) is 58.8 Å². The first-order chi connectivity index (χ1) is 14.0. The number of nitrogens with one attached hydrogen (secondary N) is 1. The van der Waals surface area contributed by atoms with Gasteiger partial charge in [-0.2, -0.15) is 5.10 Å². The van der Waals surface area contributed by atoms with Crippen molar-refractivity contribution in [3.63, 3.8) is 0 Å². The number of nitrogens with zero attached hydrogens (tertiary/aromatic N) is 4. The van der Waals surface area contributed by atoms with Crippen LogP contribution >= 0.6 is 11.8 Å². The minimum absolute atomic E-state index is 0.116. The van der Waals surface area contributed by atoms with E-state index in [4.69, 9.17) is 9.47 Å². The molecule has 1 aromatic heterocycles. The van der Waals surface area contributed by atoms with E-state index in [-0.39, 0.29) is 5.04 Å². The number of aryl methyl sites for hydroxylation is 1. The summed E-state index contributed by atoms with van der Waals surface area (Å²) in [5.41, 5.74) is 5.64. The smallest absolute Gasteiger partial charge is 0.365 e. The minimum atomic E-state index is -0.566. The van der Waals surface area contributed by atoms with Crippen LogP contribution < -0.4 is 10.2 Å². The molecular weight excluding hydrogens is 390 g/mol. The standard InChI is InChI=1S/C20H21N5O3S/c1-13-5-9-15(10-6-13)21-23-18(19(26)28-4)29-20-24-22-17(25(20)2)14-7-11-16(27-3)12-8-14/h5-12,21H,1-4H3/b23-18+. The molecule has 1 heterocycles. The number of methoxy groups -OCH3 is 2. The van der Waals surface area contributed by atoms with Crippen LogP contribution in [-0.2, 0) is 16.6 Å². The van der Waals surface area contributed by atoms with Crippen LogP contribution in [0.1, 0.15) is 5.56 Å². The SMILES string of the molecule is COC(=O)/C(=N\Nc1ccc(C)cc1)Sc1nnc(-c2ccc(OC)cc2)n1C. The van der Waals surface area contributed by atoms with Gasteiger partial charge in [-0.15, -0.1) is 10.2 Å². The van der Waals surface area contributed by atoms with Crippen molar-refractivity contribution in [2.45, 2.75) is 12.1 Å². The van der Waals surface area contributed by atoms with Crippen molar-refractivity contribution in [2.75, 3.05) is 19.6 Å². The van der Waals surface area contributed by atoms with Crippen LogP contribution in [0.5, 0.6) is 5.75 Å². The maximum atomic E-state index is 12.2. The molecule has 0 amide bonds. The van der Waals surface area contributed by atoms with Crippen molar-refractivity contribution in [3.8, 4) is 17.1 Å². The van der Waals surface area contributed by atoms with Gasteiger partial charge in [0.05, 0.1) is 19.9 Å². The first kappa shape index (κ1) is 20.4. The number of thioether (sulfide) groups is 1. The molecule has 0 fully saturated rings. The molecule has 8 nitrogen and oxygen atoms in total. The molecule has 0 saturated heterocycles. The maximum absolute atomic E-state index is 12.2. The van der Waals surface area contributed by atoms with Crippen molar-refractivity contribution < 1.29 is 14.3 Å². The Morgan fingerprint density at radius 1 is 1.07 bits per heavy atom. The lowest BCUT2D eigenvalue weighted by atomic mass is 10.2. The van der Waals surface area contributed by atoms with Crippen molar-refractivity contribution in [1.29, 1.82) is 0 Å². The molecule has 9 heteroatoms. The average Bonchev–Trinajstić information content (AvgIpc) is 3.11. The Hall–Kier alpha value is -3.33. The van der Waals surface area contributed by atoms with Crippen LogP contribution in [0, 0.1) is 6.92 Å². The van der Waals surface area contributed by atoms with Crippen molar-refractivity contribution in [3.05, 3.63) is 54.1 Å². The topological polar surface area (TPSA) is 90.6 Å². The fourth-order valence-corrected chi connectivity index (χ4v) is 3.16.